The maximum atomic E-state index is 13.2. The Labute approximate surface area is 210 Å². The van der Waals surface area contributed by atoms with Crippen LogP contribution in [0.25, 0.3) is 11.1 Å². The molecule has 184 valence electrons. The number of rotatable bonds is 4. The maximum absolute atomic E-state index is 13.2. The molecule has 0 spiro atoms. The lowest BCUT2D eigenvalue weighted by Crippen LogP contribution is -2.68. The molecule has 2 aliphatic rings. The van der Waals surface area contributed by atoms with Crippen LogP contribution in [0.5, 0.6) is 0 Å². The first kappa shape index (κ1) is 24.0. The molecule has 2 saturated heterocycles. The highest BCUT2D eigenvalue weighted by atomic mass is 19.1. The first-order valence-electron chi connectivity index (χ1n) is 12.4. The van der Waals surface area contributed by atoms with Crippen molar-refractivity contribution in [2.45, 2.75) is 30.8 Å². The van der Waals surface area contributed by atoms with Gasteiger partial charge in [0.1, 0.15) is 5.82 Å². The van der Waals surface area contributed by atoms with E-state index in [1.165, 1.54) is 12.1 Å². The number of hydrogen-bond acceptors (Lipinski definition) is 4. The van der Waals surface area contributed by atoms with E-state index in [2.05, 4.69) is 40.6 Å². The Morgan fingerprint density at radius 1 is 1.03 bits per heavy atom. The second-order valence-electron chi connectivity index (χ2n) is 9.49. The van der Waals surface area contributed by atoms with Crippen molar-refractivity contribution in [3.8, 4) is 17.2 Å². The van der Waals surface area contributed by atoms with Gasteiger partial charge in [-0.1, -0.05) is 36.4 Å². The van der Waals surface area contributed by atoms with Gasteiger partial charge < -0.3 is 15.3 Å². The van der Waals surface area contributed by atoms with Crippen LogP contribution in [-0.4, -0.2) is 59.3 Å². The van der Waals surface area contributed by atoms with Crippen LogP contribution >= 0.6 is 0 Å². The topological polar surface area (TPSA) is 79.6 Å². The molecule has 3 atom stereocenters. The maximum Gasteiger partial charge on any atom is 0.321 e. The molecule has 2 aliphatic heterocycles. The summed E-state index contributed by atoms with van der Waals surface area (Å²) >= 11 is 0. The fourth-order valence-electron chi connectivity index (χ4n) is 5.53. The van der Waals surface area contributed by atoms with Crippen LogP contribution in [-0.2, 0) is 0 Å². The number of nitriles is 1. The van der Waals surface area contributed by atoms with Crippen molar-refractivity contribution < 1.29 is 14.3 Å². The molecule has 0 bridgehead atoms. The third kappa shape index (κ3) is 4.83. The van der Waals surface area contributed by atoms with Crippen LogP contribution in [0.15, 0.2) is 72.8 Å². The van der Waals surface area contributed by atoms with Gasteiger partial charge in [-0.05, 0) is 72.5 Å². The summed E-state index contributed by atoms with van der Waals surface area (Å²) in [6, 6.07) is 23.8. The molecule has 2 heterocycles. The van der Waals surface area contributed by atoms with Gasteiger partial charge in [0.05, 0.1) is 18.2 Å². The van der Waals surface area contributed by atoms with E-state index in [9.17, 15) is 19.6 Å². The Balaban J connectivity index is 1.34. The van der Waals surface area contributed by atoms with Gasteiger partial charge in [0.25, 0.3) is 0 Å². The number of hydrogen-bond donors (Lipinski definition) is 2. The summed E-state index contributed by atoms with van der Waals surface area (Å²) in [7, 11) is 0. The lowest BCUT2D eigenvalue weighted by molar-refractivity contribution is -0.0585. The number of benzene rings is 3. The molecule has 0 aromatic heterocycles. The lowest BCUT2D eigenvalue weighted by atomic mass is 9.74. The van der Waals surface area contributed by atoms with Gasteiger partial charge >= 0.3 is 6.03 Å². The summed E-state index contributed by atoms with van der Waals surface area (Å²) in [4.78, 5) is 17.2. The summed E-state index contributed by atoms with van der Waals surface area (Å²) < 4.78 is 13.2. The van der Waals surface area contributed by atoms with Crippen LogP contribution in [0.2, 0.25) is 0 Å². The molecule has 6 nitrogen and oxygen atoms in total. The minimum Gasteiger partial charge on any atom is -0.395 e. The SMILES string of the molecule is N#Cc1cccc(-c2ccc([C@@H]3[C@H](CO)N4CCCCN(C(=O)Nc5ccc(F)cc5)C[C@@H]34)cc2)c1. The highest BCUT2D eigenvalue weighted by Gasteiger charge is 2.49. The van der Waals surface area contributed by atoms with Crippen molar-refractivity contribution in [2.75, 3.05) is 31.6 Å². The number of urea groups is 1. The van der Waals surface area contributed by atoms with E-state index in [1.54, 1.807) is 18.2 Å². The normalized spacial score (nSPS) is 21.9. The van der Waals surface area contributed by atoms with Crippen molar-refractivity contribution in [1.29, 1.82) is 5.26 Å². The van der Waals surface area contributed by atoms with Crippen LogP contribution in [0.3, 0.4) is 0 Å². The molecule has 5 rings (SSSR count). The van der Waals surface area contributed by atoms with Gasteiger partial charge in [0.15, 0.2) is 0 Å². The molecular formula is C29H29FN4O2. The number of aliphatic hydroxyl groups excluding tert-OH is 1. The van der Waals surface area contributed by atoms with Crippen LogP contribution < -0.4 is 5.32 Å². The Bertz CT molecular complexity index is 1260. The number of nitrogens with one attached hydrogen (secondary N) is 1. The molecule has 36 heavy (non-hydrogen) atoms. The zero-order valence-electron chi connectivity index (χ0n) is 20.0. The van der Waals surface area contributed by atoms with Gasteiger partial charge in [0.2, 0.25) is 0 Å². The van der Waals surface area contributed by atoms with Gasteiger partial charge in [-0.3, -0.25) is 4.90 Å². The van der Waals surface area contributed by atoms with Crippen molar-refractivity contribution in [1.82, 2.24) is 9.80 Å². The van der Waals surface area contributed by atoms with E-state index >= 15 is 0 Å². The fourth-order valence-corrected chi connectivity index (χ4v) is 5.53. The van der Waals surface area contributed by atoms with Gasteiger partial charge in [-0.15, -0.1) is 0 Å². The quantitative estimate of drug-likeness (QED) is 0.557. The zero-order chi connectivity index (χ0) is 25.1. The molecular weight excluding hydrogens is 455 g/mol. The summed E-state index contributed by atoms with van der Waals surface area (Å²) in [5.41, 5.74) is 4.35. The van der Waals surface area contributed by atoms with E-state index in [0.29, 0.717) is 24.3 Å². The first-order valence-corrected chi connectivity index (χ1v) is 12.4. The van der Waals surface area contributed by atoms with Crippen LogP contribution in [0.1, 0.15) is 29.9 Å². The number of fused-ring (bicyclic) bond motifs is 1. The number of aliphatic hydroxyl groups is 1. The molecule has 0 radical (unpaired) electrons. The number of halogens is 1. The molecule has 0 saturated carbocycles. The number of anilines is 1. The standard InChI is InChI=1S/C29H29FN4O2/c30-24-10-12-25(13-11-24)32-29(36)33-14-1-2-15-34-26(18-33)28(27(34)19-35)22-8-6-21(7-9-22)23-5-3-4-20(16-23)17-31/h3-13,16,26-28,35H,1-2,14-15,18-19H2,(H,32,36)/t26-,27-,28-/m0/s1. The Morgan fingerprint density at radius 2 is 1.78 bits per heavy atom. The average Bonchev–Trinajstić information content (AvgIpc) is 2.89. The molecule has 0 aliphatic carbocycles. The van der Waals surface area contributed by atoms with Gasteiger partial charge in [-0.2, -0.15) is 5.26 Å². The third-order valence-electron chi connectivity index (χ3n) is 7.37. The van der Waals surface area contributed by atoms with Crippen LogP contribution in [0, 0.1) is 17.1 Å². The van der Waals surface area contributed by atoms with Crippen molar-refractivity contribution in [3.05, 3.63) is 89.7 Å². The molecule has 7 heteroatoms. The summed E-state index contributed by atoms with van der Waals surface area (Å²) in [6.07, 6.45) is 1.84. The third-order valence-corrected chi connectivity index (χ3v) is 7.37. The predicted molar refractivity (Wildman–Crippen MR) is 137 cm³/mol. The van der Waals surface area contributed by atoms with Crippen molar-refractivity contribution in [3.63, 3.8) is 0 Å². The number of carbonyl (C=O) groups is 1. The second kappa shape index (κ2) is 10.5. The Morgan fingerprint density at radius 3 is 2.50 bits per heavy atom. The number of amides is 2. The number of nitrogens with zero attached hydrogens (tertiary/aromatic N) is 3. The van der Waals surface area contributed by atoms with E-state index < -0.39 is 0 Å². The fraction of sp³-hybridized carbons (Fsp3) is 0.310. The summed E-state index contributed by atoms with van der Waals surface area (Å²) in [6.45, 7) is 2.18. The number of carbonyl (C=O) groups excluding carboxylic acids is 1. The van der Waals surface area contributed by atoms with Crippen LogP contribution in [0.4, 0.5) is 14.9 Å². The van der Waals surface area contributed by atoms with E-state index in [-0.39, 0.29) is 36.5 Å². The highest BCUT2D eigenvalue weighted by molar-refractivity contribution is 5.89. The molecule has 3 aromatic rings. The zero-order valence-corrected chi connectivity index (χ0v) is 20.0. The van der Waals surface area contributed by atoms with E-state index in [4.69, 9.17) is 0 Å². The molecule has 2 N–H and O–H groups in total. The molecule has 0 unspecified atom stereocenters. The Hall–Kier alpha value is -3.73. The average molecular weight is 485 g/mol. The van der Waals surface area contributed by atoms with Crippen molar-refractivity contribution >= 4 is 11.7 Å². The Kier molecular flexibility index (Phi) is 6.99. The molecule has 2 amide bonds. The summed E-state index contributed by atoms with van der Waals surface area (Å²) in [5, 5.41) is 22.3. The minimum absolute atomic E-state index is 0.0166. The predicted octanol–water partition coefficient (Wildman–Crippen LogP) is 4.82. The second-order valence-corrected chi connectivity index (χ2v) is 9.49. The molecule has 2 fully saturated rings. The summed E-state index contributed by atoms with van der Waals surface area (Å²) in [5.74, 6) is -0.236. The van der Waals surface area contributed by atoms with Gasteiger partial charge in [-0.25, -0.2) is 9.18 Å². The first-order chi connectivity index (χ1) is 17.6. The smallest absolute Gasteiger partial charge is 0.321 e. The van der Waals surface area contributed by atoms with Crippen molar-refractivity contribution in [2.24, 2.45) is 0 Å². The minimum atomic E-state index is -0.342. The largest absolute Gasteiger partial charge is 0.395 e. The monoisotopic (exact) mass is 484 g/mol. The van der Waals surface area contributed by atoms with E-state index in [0.717, 1.165) is 36.1 Å². The van der Waals surface area contributed by atoms with Gasteiger partial charge in [0, 0.05) is 36.8 Å². The molecule has 3 aromatic carbocycles. The van der Waals surface area contributed by atoms with E-state index in [1.807, 2.05) is 23.1 Å². The lowest BCUT2D eigenvalue weighted by Gasteiger charge is -2.57. The highest BCUT2D eigenvalue weighted by Crippen LogP contribution is 2.42.